The summed E-state index contributed by atoms with van der Waals surface area (Å²) in [6.45, 7) is 4.67. The molecule has 4 nitrogen and oxygen atoms in total. The Hall–Kier alpha value is -6.00. The van der Waals surface area contributed by atoms with Gasteiger partial charge < -0.3 is 4.90 Å². The summed E-state index contributed by atoms with van der Waals surface area (Å²) in [5.74, 6) is 1.64. The first-order valence-corrected chi connectivity index (χ1v) is 16.6. The highest BCUT2D eigenvalue weighted by Gasteiger charge is 2.37. The Morgan fingerprint density at radius 2 is 1.12 bits per heavy atom. The predicted octanol–water partition coefficient (Wildman–Crippen LogP) is 10.9. The lowest BCUT2D eigenvalue weighted by Gasteiger charge is -2.42. The van der Waals surface area contributed by atoms with E-state index in [2.05, 4.69) is 169 Å². The SMILES string of the molecule is CC1(C)c2ccccc2N(c2cccc3c4ccccc4n(-c4cc(-c5ccccc5)nc(Cc5ccccc5)n4)c23)c2ccccc21. The Morgan fingerprint density at radius 1 is 0.542 bits per heavy atom. The highest BCUT2D eigenvalue weighted by molar-refractivity contribution is 6.14. The summed E-state index contributed by atoms with van der Waals surface area (Å²) < 4.78 is 2.35. The highest BCUT2D eigenvalue weighted by Crippen LogP contribution is 2.53. The van der Waals surface area contributed by atoms with Gasteiger partial charge in [0.15, 0.2) is 0 Å². The minimum absolute atomic E-state index is 0.145. The highest BCUT2D eigenvalue weighted by atomic mass is 15.2. The number of hydrogen-bond acceptors (Lipinski definition) is 3. The molecule has 0 spiro atoms. The van der Waals surface area contributed by atoms with Crippen molar-refractivity contribution in [2.24, 2.45) is 0 Å². The number of hydrogen-bond donors (Lipinski definition) is 0. The summed E-state index contributed by atoms with van der Waals surface area (Å²) in [5.41, 5.74) is 11.4. The van der Waals surface area contributed by atoms with E-state index in [-0.39, 0.29) is 5.41 Å². The van der Waals surface area contributed by atoms with Crippen LogP contribution in [0.1, 0.15) is 36.4 Å². The number of nitrogens with zero attached hydrogens (tertiary/aromatic N) is 4. The molecule has 0 unspecified atom stereocenters. The molecule has 0 fully saturated rings. The van der Waals surface area contributed by atoms with Crippen LogP contribution in [0.15, 0.2) is 158 Å². The van der Waals surface area contributed by atoms with Crippen LogP contribution in [0, 0.1) is 0 Å². The zero-order chi connectivity index (χ0) is 32.2. The minimum Gasteiger partial charge on any atom is -0.308 e. The molecule has 4 heteroatoms. The van der Waals surface area contributed by atoms with Crippen molar-refractivity contribution in [3.05, 3.63) is 180 Å². The van der Waals surface area contributed by atoms with E-state index in [0.29, 0.717) is 6.42 Å². The number of fused-ring (bicyclic) bond motifs is 5. The second-order valence-electron chi connectivity index (χ2n) is 13.1. The third-order valence-electron chi connectivity index (χ3n) is 9.81. The maximum absolute atomic E-state index is 5.33. The van der Waals surface area contributed by atoms with Gasteiger partial charge in [0.25, 0.3) is 0 Å². The van der Waals surface area contributed by atoms with E-state index in [1.54, 1.807) is 0 Å². The quantitative estimate of drug-likeness (QED) is 0.192. The Labute approximate surface area is 280 Å². The van der Waals surface area contributed by atoms with E-state index < -0.39 is 0 Å². The van der Waals surface area contributed by atoms with Crippen LogP contribution in [0.5, 0.6) is 0 Å². The molecule has 0 saturated carbocycles. The van der Waals surface area contributed by atoms with E-state index in [1.807, 2.05) is 12.1 Å². The molecule has 0 aliphatic carbocycles. The predicted molar refractivity (Wildman–Crippen MR) is 198 cm³/mol. The van der Waals surface area contributed by atoms with E-state index in [4.69, 9.17) is 9.97 Å². The number of benzene rings is 6. The molecule has 0 saturated heterocycles. The molecule has 9 rings (SSSR count). The first kappa shape index (κ1) is 28.2. The van der Waals surface area contributed by atoms with Gasteiger partial charge in [-0.25, -0.2) is 9.97 Å². The average Bonchev–Trinajstić information content (AvgIpc) is 3.48. The van der Waals surface area contributed by atoms with Crippen LogP contribution in [0.2, 0.25) is 0 Å². The molecule has 230 valence electrons. The summed E-state index contributed by atoms with van der Waals surface area (Å²) in [6, 6.07) is 56.1. The number of rotatable bonds is 5. The van der Waals surface area contributed by atoms with Crippen LogP contribution in [-0.2, 0) is 11.8 Å². The molecule has 0 atom stereocenters. The van der Waals surface area contributed by atoms with Crippen molar-refractivity contribution in [2.75, 3.05) is 4.90 Å². The number of para-hydroxylation sites is 4. The fourth-order valence-corrected chi connectivity index (χ4v) is 7.56. The third-order valence-corrected chi connectivity index (χ3v) is 9.81. The molecule has 48 heavy (non-hydrogen) atoms. The summed E-state index contributed by atoms with van der Waals surface area (Å²) in [4.78, 5) is 12.9. The molecular weight excluding hydrogens is 585 g/mol. The van der Waals surface area contributed by atoms with Gasteiger partial charge in [0.1, 0.15) is 11.6 Å². The van der Waals surface area contributed by atoms with Gasteiger partial charge in [0, 0.05) is 34.2 Å². The van der Waals surface area contributed by atoms with Crippen molar-refractivity contribution in [3.8, 4) is 17.1 Å². The molecule has 6 aromatic carbocycles. The Kier molecular flexibility index (Phi) is 6.51. The van der Waals surface area contributed by atoms with Crippen molar-refractivity contribution in [1.29, 1.82) is 0 Å². The maximum Gasteiger partial charge on any atom is 0.142 e. The molecule has 0 bridgehead atoms. The van der Waals surface area contributed by atoms with Gasteiger partial charge >= 0.3 is 0 Å². The number of anilines is 3. The monoisotopic (exact) mass is 618 g/mol. The summed E-state index contributed by atoms with van der Waals surface area (Å²) >= 11 is 0. The normalized spacial score (nSPS) is 13.4. The van der Waals surface area contributed by atoms with Crippen LogP contribution < -0.4 is 4.90 Å². The van der Waals surface area contributed by atoms with E-state index in [0.717, 1.165) is 39.6 Å². The van der Waals surface area contributed by atoms with Gasteiger partial charge in [-0.15, -0.1) is 0 Å². The first-order chi connectivity index (χ1) is 23.6. The van der Waals surface area contributed by atoms with Crippen LogP contribution in [0.4, 0.5) is 17.1 Å². The molecular formula is C44H34N4. The lowest BCUT2D eigenvalue weighted by molar-refractivity contribution is 0.632. The summed E-state index contributed by atoms with van der Waals surface area (Å²) in [7, 11) is 0. The fourth-order valence-electron chi connectivity index (χ4n) is 7.56. The lowest BCUT2D eigenvalue weighted by Crippen LogP contribution is -2.30. The Balaban J connectivity index is 1.36. The molecule has 1 aliphatic heterocycles. The van der Waals surface area contributed by atoms with Gasteiger partial charge in [0.2, 0.25) is 0 Å². The molecule has 8 aromatic rings. The van der Waals surface area contributed by atoms with Crippen molar-refractivity contribution < 1.29 is 0 Å². The fraction of sp³-hybridized carbons (Fsp3) is 0.0909. The van der Waals surface area contributed by atoms with E-state index >= 15 is 0 Å². The molecule has 1 aliphatic rings. The van der Waals surface area contributed by atoms with Gasteiger partial charge in [-0.3, -0.25) is 4.57 Å². The average molecular weight is 619 g/mol. The second kappa shape index (κ2) is 11.1. The maximum atomic E-state index is 5.33. The first-order valence-electron chi connectivity index (χ1n) is 16.6. The van der Waals surface area contributed by atoms with Crippen molar-refractivity contribution in [3.63, 3.8) is 0 Å². The van der Waals surface area contributed by atoms with E-state index in [1.165, 1.54) is 38.8 Å². The largest absolute Gasteiger partial charge is 0.308 e. The molecule has 3 heterocycles. The minimum atomic E-state index is -0.145. The van der Waals surface area contributed by atoms with Crippen LogP contribution in [-0.4, -0.2) is 14.5 Å². The van der Waals surface area contributed by atoms with E-state index in [9.17, 15) is 0 Å². The second-order valence-corrected chi connectivity index (χ2v) is 13.1. The standard InChI is InChI=1S/C44H34N4/c1-44(2)34-22-10-13-25-38(34)47(39-26-14-11-23-35(39)44)40-27-15-21-33-32-20-9-12-24-37(32)48(43(33)40)42-29-36(31-18-7-4-8-19-31)45-41(46-42)28-30-16-5-3-6-17-30/h3-27,29H,28H2,1-2H3. The number of aromatic nitrogens is 3. The molecule has 2 aromatic heterocycles. The Morgan fingerprint density at radius 3 is 1.85 bits per heavy atom. The van der Waals surface area contributed by atoms with Gasteiger partial charge in [-0.2, -0.15) is 0 Å². The van der Waals surface area contributed by atoms with Crippen molar-refractivity contribution in [1.82, 2.24) is 14.5 Å². The van der Waals surface area contributed by atoms with Gasteiger partial charge in [-0.05, 0) is 41.0 Å². The van der Waals surface area contributed by atoms with Crippen molar-refractivity contribution >= 4 is 38.9 Å². The zero-order valence-electron chi connectivity index (χ0n) is 27.0. The topological polar surface area (TPSA) is 34.0 Å². The summed E-state index contributed by atoms with van der Waals surface area (Å²) in [5, 5.41) is 2.38. The molecule has 0 radical (unpaired) electrons. The van der Waals surface area contributed by atoms with Crippen LogP contribution in [0.25, 0.3) is 38.9 Å². The van der Waals surface area contributed by atoms with Crippen molar-refractivity contribution in [2.45, 2.75) is 25.7 Å². The van der Waals surface area contributed by atoms with Crippen LogP contribution in [0.3, 0.4) is 0 Å². The summed E-state index contributed by atoms with van der Waals surface area (Å²) in [6.07, 6.45) is 0.639. The third kappa shape index (κ3) is 4.44. The van der Waals surface area contributed by atoms with Crippen LogP contribution >= 0.6 is 0 Å². The smallest absolute Gasteiger partial charge is 0.142 e. The van der Waals surface area contributed by atoms with Gasteiger partial charge in [0.05, 0.1) is 33.8 Å². The molecule has 0 amide bonds. The Bertz CT molecular complexity index is 2410. The zero-order valence-corrected chi connectivity index (χ0v) is 27.0. The van der Waals surface area contributed by atoms with Gasteiger partial charge in [-0.1, -0.05) is 141 Å². The molecule has 0 N–H and O–H groups in total. The lowest BCUT2D eigenvalue weighted by atomic mass is 9.73.